The summed E-state index contributed by atoms with van der Waals surface area (Å²) in [6.07, 6.45) is 0. The molecule has 0 bridgehead atoms. The molecule has 2 amide bonds. The molecule has 0 fully saturated rings. The highest BCUT2D eigenvalue weighted by atomic mass is 35.5. The largest absolute Gasteiger partial charge is 0.484 e. The van der Waals surface area contributed by atoms with Crippen molar-refractivity contribution in [2.45, 2.75) is 6.92 Å². The van der Waals surface area contributed by atoms with Crippen LogP contribution in [0, 0.1) is 6.92 Å². The number of nitrogens with one attached hydrogen (secondary N) is 2. The lowest BCUT2D eigenvalue weighted by Gasteiger charge is -2.10. The second kappa shape index (κ2) is 9.45. The minimum absolute atomic E-state index is 0.125. The lowest BCUT2D eigenvalue weighted by molar-refractivity contribution is -0.118. The zero-order chi connectivity index (χ0) is 20.8. The third-order valence-electron chi connectivity index (χ3n) is 3.94. The number of hydrogen-bond acceptors (Lipinski definition) is 3. The number of ether oxygens (including phenoxy) is 1. The van der Waals surface area contributed by atoms with Gasteiger partial charge in [0.1, 0.15) is 5.75 Å². The molecule has 0 unspecified atom stereocenters. The van der Waals surface area contributed by atoms with Crippen molar-refractivity contribution in [2.75, 3.05) is 17.2 Å². The maximum absolute atomic E-state index is 12.4. The van der Waals surface area contributed by atoms with Crippen LogP contribution < -0.4 is 15.4 Å². The Kier molecular flexibility index (Phi) is 6.75. The van der Waals surface area contributed by atoms with Gasteiger partial charge >= 0.3 is 0 Å². The van der Waals surface area contributed by atoms with E-state index in [0.29, 0.717) is 27.7 Å². The normalized spacial score (nSPS) is 10.3. The standard InChI is InChI=1S/C22H18Cl2N2O3/c1-14-4-2-7-18(10-14)29-13-21(27)25-16-5-3-6-17(12-16)26-22(28)19-9-8-15(23)11-20(19)24/h2-12H,13H2,1H3,(H,25,27)(H,26,28). The maximum Gasteiger partial charge on any atom is 0.262 e. The topological polar surface area (TPSA) is 67.4 Å². The van der Waals surface area contributed by atoms with E-state index in [-0.39, 0.29) is 23.4 Å². The summed E-state index contributed by atoms with van der Waals surface area (Å²) >= 11 is 11.9. The first kappa shape index (κ1) is 20.7. The Morgan fingerprint density at radius 3 is 2.34 bits per heavy atom. The van der Waals surface area contributed by atoms with Crippen LogP contribution >= 0.6 is 23.2 Å². The Hall–Kier alpha value is -3.02. The molecule has 0 spiro atoms. The van der Waals surface area contributed by atoms with Gasteiger partial charge in [-0.2, -0.15) is 0 Å². The summed E-state index contributed by atoms with van der Waals surface area (Å²) in [5.74, 6) is -0.0605. The van der Waals surface area contributed by atoms with E-state index in [1.54, 1.807) is 42.5 Å². The summed E-state index contributed by atoms with van der Waals surface area (Å²) < 4.78 is 5.49. The van der Waals surface area contributed by atoms with Gasteiger partial charge in [-0.3, -0.25) is 9.59 Å². The van der Waals surface area contributed by atoms with E-state index in [4.69, 9.17) is 27.9 Å². The molecule has 29 heavy (non-hydrogen) atoms. The summed E-state index contributed by atoms with van der Waals surface area (Å²) in [6.45, 7) is 1.82. The van der Waals surface area contributed by atoms with Crippen LogP contribution in [0.15, 0.2) is 66.7 Å². The van der Waals surface area contributed by atoms with Gasteiger partial charge in [-0.15, -0.1) is 0 Å². The quantitative estimate of drug-likeness (QED) is 0.538. The fourth-order valence-corrected chi connectivity index (χ4v) is 3.09. The molecule has 0 atom stereocenters. The van der Waals surface area contributed by atoms with Crippen molar-refractivity contribution >= 4 is 46.4 Å². The highest BCUT2D eigenvalue weighted by Crippen LogP contribution is 2.23. The SMILES string of the molecule is Cc1cccc(OCC(=O)Nc2cccc(NC(=O)c3ccc(Cl)cc3Cl)c2)c1. The van der Waals surface area contributed by atoms with Crippen molar-refractivity contribution in [3.63, 3.8) is 0 Å². The van der Waals surface area contributed by atoms with Crippen molar-refractivity contribution < 1.29 is 14.3 Å². The van der Waals surface area contributed by atoms with E-state index in [1.165, 1.54) is 6.07 Å². The minimum Gasteiger partial charge on any atom is -0.484 e. The Labute approximate surface area is 178 Å². The first-order chi connectivity index (χ1) is 13.9. The van der Waals surface area contributed by atoms with Crippen molar-refractivity contribution in [1.29, 1.82) is 0 Å². The van der Waals surface area contributed by atoms with Crippen molar-refractivity contribution in [2.24, 2.45) is 0 Å². The molecule has 148 valence electrons. The minimum atomic E-state index is -0.377. The zero-order valence-corrected chi connectivity index (χ0v) is 17.1. The van der Waals surface area contributed by atoms with E-state index in [0.717, 1.165) is 5.56 Å². The van der Waals surface area contributed by atoms with Gasteiger partial charge in [0.05, 0.1) is 10.6 Å². The van der Waals surface area contributed by atoms with Gasteiger partial charge in [0.15, 0.2) is 6.61 Å². The van der Waals surface area contributed by atoms with Crippen LogP contribution in [0.2, 0.25) is 10.0 Å². The van der Waals surface area contributed by atoms with Crippen LogP contribution in [0.1, 0.15) is 15.9 Å². The fourth-order valence-electron chi connectivity index (χ4n) is 2.60. The number of anilines is 2. The zero-order valence-electron chi connectivity index (χ0n) is 15.5. The van der Waals surface area contributed by atoms with E-state index >= 15 is 0 Å². The number of aryl methyl sites for hydroxylation is 1. The summed E-state index contributed by atoms with van der Waals surface area (Å²) in [5, 5.41) is 6.19. The van der Waals surface area contributed by atoms with Crippen LogP contribution in [0.25, 0.3) is 0 Å². The molecule has 5 nitrogen and oxygen atoms in total. The average molecular weight is 429 g/mol. The first-order valence-electron chi connectivity index (χ1n) is 8.76. The molecule has 0 radical (unpaired) electrons. The molecule has 0 aliphatic rings. The van der Waals surface area contributed by atoms with Crippen LogP contribution in [0.4, 0.5) is 11.4 Å². The molecule has 7 heteroatoms. The van der Waals surface area contributed by atoms with Gasteiger partial charge in [-0.05, 0) is 61.0 Å². The van der Waals surface area contributed by atoms with Crippen molar-refractivity contribution in [3.8, 4) is 5.75 Å². The number of carbonyl (C=O) groups is 2. The Morgan fingerprint density at radius 1 is 0.897 bits per heavy atom. The van der Waals surface area contributed by atoms with Gasteiger partial charge in [0, 0.05) is 16.4 Å². The molecule has 0 aliphatic heterocycles. The molecule has 3 aromatic carbocycles. The predicted octanol–water partition coefficient (Wildman–Crippen LogP) is 5.57. The average Bonchev–Trinajstić information content (AvgIpc) is 2.66. The van der Waals surface area contributed by atoms with Gasteiger partial charge in [0.2, 0.25) is 0 Å². The summed E-state index contributed by atoms with van der Waals surface area (Å²) in [5.41, 5.74) is 2.39. The highest BCUT2D eigenvalue weighted by molar-refractivity contribution is 6.37. The molecule has 0 aromatic heterocycles. The molecule has 2 N–H and O–H groups in total. The monoisotopic (exact) mass is 428 g/mol. The smallest absolute Gasteiger partial charge is 0.262 e. The van der Waals surface area contributed by atoms with Crippen LogP contribution in [0.3, 0.4) is 0 Å². The van der Waals surface area contributed by atoms with Crippen molar-refractivity contribution in [3.05, 3.63) is 87.9 Å². The lowest BCUT2D eigenvalue weighted by atomic mass is 10.2. The molecule has 3 rings (SSSR count). The summed E-state index contributed by atoms with van der Waals surface area (Å²) in [6, 6.07) is 18.9. The Bertz CT molecular complexity index is 1050. The van der Waals surface area contributed by atoms with E-state index in [1.807, 2.05) is 25.1 Å². The highest BCUT2D eigenvalue weighted by Gasteiger charge is 2.12. The number of amides is 2. The lowest BCUT2D eigenvalue weighted by Crippen LogP contribution is -2.20. The molecule has 0 aliphatic carbocycles. The van der Waals surface area contributed by atoms with Crippen molar-refractivity contribution in [1.82, 2.24) is 0 Å². The van der Waals surface area contributed by atoms with Crippen LogP contribution in [-0.4, -0.2) is 18.4 Å². The molecular weight excluding hydrogens is 411 g/mol. The first-order valence-corrected chi connectivity index (χ1v) is 9.52. The third kappa shape index (κ3) is 5.98. The molecule has 3 aromatic rings. The Balaban J connectivity index is 1.60. The number of rotatable bonds is 6. The predicted molar refractivity (Wildman–Crippen MR) is 116 cm³/mol. The fraction of sp³-hybridized carbons (Fsp3) is 0.0909. The maximum atomic E-state index is 12.4. The molecule has 0 heterocycles. The molecule has 0 saturated carbocycles. The van der Waals surface area contributed by atoms with Crippen LogP contribution in [0.5, 0.6) is 5.75 Å². The van der Waals surface area contributed by atoms with Gasteiger partial charge in [-0.25, -0.2) is 0 Å². The Morgan fingerprint density at radius 2 is 1.62 bits per heavy atom. The summed E-state index contributed by atoms with van der Waals surface area (Å²) in [7, 11) is 0. The van der Waals surface area contributed by atoms with E-state index in [2.05, 4.69) is 10.6 Å². The third-order valence-corrected chi connectivity index (χ3v) is 4.49. The molecule has 0 saturated heterocycles. The van der Waals surface area contributed by atoms with Crippen LogP contribution in [-0.2, 0) is 4.79 Å². The second-order valence-corrected chi connectivity index (χ2v) is 7.16. The van der Waals surface area contributed by atoms with Gasteiger partial charge < -0.3 is 15.4 Å². The number of halogens is 2. The van der Waals surface area contributed by atoms with Gasteiger partial charge in [0.25, 0.3) is 11.8 Å². The molecular formula is C22H18Cl2N2O3. The van der Waals surface area contributed by atoms with Gasteiger partial charge in [-0.1, -0.05) is 41.4 Å². The summed E-state index contributed by atoms with van der Waals surface area (Å²) in [4.78, 5) is 24.6. The second-order valence-electron chi connectivity index (χ2n) is 6.31. The number of carbonyl (C=O) groups excluding carboxylic acids is 2. The van der Waals surface area contributed by atoms with E-state index in [9.17, 15) is 9.59 Å². The number of benzene rings is 3. The van der Waals surface area contributed by atoms with E-state index < -0.39 is 0 Å². The number of hydrogen-bond donors (Lipinski definition) is 2.